The standard InChI is InChI=1S/C15H16N6O3S/c1-9-8-13(24-18-9)16-14(22)10(2)25-15-17-19-20-21(15)11-4-6-12(23-3)7-5-11/h4-8,10H,1-3H3,(H,16,22). The smallest absolute Gasteiger partial charge is 0.240 e. The Morgan fingerprint density at radius 2 is 2.12 bits per heavy atom. The van der Waals surface area contributed by atoms with Crippen LogP contribution in [0.2, 0.25) is 0 Å². The van der Waals surface area contributed by atoms with E-state index >= 15 is 0 Å². The molecule has 2 aromatic heterocycles. The number of thioether (sulfide) groups is 1. The average molecular weight is 360 g/mol. The van der Waals surface area contributed by atoms with Gasteiger partial charge in [0.1, 0.15) is 5.75 Å². The van der Waals surface area contributed by atoms with Gasteiger partial charge in [-0.15, -0.1) is 5.10 Å². The summed E-state index contributed by atoms with van der Waals surface area (Å²) in [5.74, 6) is 0.816. The van der Waals surface area contributed by atoms with Gasteiger partial charge in [0.2, 0.25) is 16.9 Å². The number of aromatic nitrogens is 5. The van der Waals surface area contributed by atoms with E-state index in [2.05, 4.69) is 26.0 Å². The van der Waals surface area contributed by atoms with E-state index in [1.54, 1.807) is 31.7 Å². The third-order valence-electron chi connectivity index (χ3n) is 3.28. The Kier molecular flexibility index (Phi) is 4.98. The molecule has 0 aliphatic heterocycles. The second kappa shape index (κ2) is 7.34. The van der Waals surface area contributed by atoms with Gasteiger partial charge in [-0.05, 0) is 48.5 Å². The number of aryl methyl sites for hydroxylation is 1. The maximum atomic E-state index is 12.3. The first-order valence-electron chi connectivity index (χ1n) is 7.40. The predicted molar refractivity (Wildman–Crippen MR) is 90.9 cm³/mol. The normalized spacial score (nSPS) is 12.0. The number of nitrogens with zero attached hydrogens (tertiary/aromatic N) is 5. The minimum Gasteiger partial charge on any atom is -0.497 e. The third-order valence-corrected chi connectivity index (χ3v) is 4.32. The van der Waals surface area contributed by atoms with E-state index in [9.17, 15) is 4.79 Å². The molecule has 1 unspecified atom stereocenters. The number of carbonyl (C=O) groups is 1. The van der Waals surface area contributed by atoms with Crippen molar-refractivity contribution in [3.8, 4) is 11.4 Å². The van der Waals surface area contributed by atoms with E-state index in [0.717, 1.165) is 11.4 Å². The molecular weight excluding hydrogens is 344 g/mol. The maximum Gasteiger partial charge on any atom is 0.240 e. The zero-order valence-electron chi connectivity index (χ0n) is 13.8. The number of carbonyl (C=O) groups excluding carboxylic acids is 1. The molecule has 2 heterocycles. The number of tetrazole rings is 1. The first kappa shape index (κ1) is 17.0. The van der Waals surface area contributed by atoms with Gasteiger partial charge in [0.05, 0.1) is 23.7 Å². The van der Waals surface area contributed by atoms with Crippen LogP contribution < -0.4 is 10.1 Å². The summed E-state index contributed by atoms with van der Waals surface area (Å²) < 4.78 is 11.7. The van der Waals surface area contributed by atoms with Gasteiger partial charge in [-0.25, -0.2) is 0 Å². The zero-order valence-corrected chi connectivity index (χ0v) is 14.6. The molecule has 1 N–H and O–H groups in total. The summed E-state index contributed by atoms with van der Waals surface area (Å²) >= 11 is 1.24. The number of anilines is 1. The minimum absolute atomic E-state index is 0.231. The molecule has 1 atom stereocenters. The SMILES string of the molecule is COc1ccc(-n2nnnc2SC(C)C(=O)Nc2cc(C)no2)cc1. The van der Waals surface area contributed by atoms with Gasteiger partial charge in [-0.3, -0.25) is 10.1 Å². The van der Waals surface area contributed by atoms with E-state index < -0.39 is 5.25 Å². The predicted octanol–water partition coefficient (Wildman–Crippen LogP) is 2.09. The lowest BCUT2D eigenvalue weighted by atomic mass is 10.3. The molecule has 1 aromatic carbocycles. The van der Waals surface area contributed by atoms with Crippen molar-refractivity contribution in [2.75, 3.05) is 12.4 Å². The topological polar surface area (TPSA) is 108 Å². The van der Waals surface area contributed by atoms with Crippen molar-refractivity contribution in [3.63, 3.8) is 0 Å². The number of benzene rings is 1. The van der Waals surface area contributed by atoms with E-state index in [1.165, 1.54) is 11.8 Å². The van der Waals surface area contributed by atoms with Crippen molar-refractivity contribution in [3.05, 3.63) is 36.0 Å². The van der Waals surface area contributed by atoms with Gasteiger partial charge in [0.25, 0.3) is 0 Å². The molecule has 0 aliphatic carbocycles. The van der Waals surface area contributed by atoms with Gasteiger partial charge in [0, 0.05) is 6.07 Å². The van der Waals surface area contributed by atoms with Crippen LogP contribution in [0.5, 0.6) is 5.75 Å². The van der Waals surface area contributed by atoms with Crippen LogP contribution in [0.1, 0.15) is 12.6 Å². The Bertz CT molecular complexity index is 860. The molecular formula is C15H16N6O3S. The quantitative estimate of drug-likeness (QED) is 0.666. The summed E-state index contributed by atoms with van der Waals surface area (Å²) in [4.78, 5) is 12.3. The van der Waals surface area contributed by atoms with Crippen LogP contribution in [-0.2, 0) is 4.79 Å². The Hall–Kier alpha value is -2.88. The summed E-state index contributed by atoms with van der Waals surface area (Å²) in [5.41, 5.74) is 1.46. The van der Waals surface area contributed by atoms with Crippen molar-refractivity contribution in [2.24, 2.45) is 0 Å². The fourth-order valence-electron chi connectivity index (χ4n) is 2.00. The average Bonchev–Trinajstić information content (AvgIpc) is 3.24. The Labute approximate surface area is 147 Å². The molecule has 130 valence electrons. The molecule has 0 radical (unpaired) electrons. The highest BCUT2D eigenvalue weighted by atomic mass is 32.2. The first-order valence-corrected chi connectivity index (χ1v) is 8.28. The first-order chi connectivity index (χ1) is 12.1. The highest BCUT2D eigenvalue weighted by Crippen LogP contribution is 2.24. The largest absolute Gasteiger partial charge is 0.497 e. The van der Waals surface area contributed by atoms with E-state index in [4.69, 9.17) is 9.26 Å². The lowest BCUT2D eigenvalue weighted by molar-refractivity contribution is -0.115. The van der Waals surface area contributed by atoms with Gasteiger partial charge in [-0.2, -0.15) is 4.68 Å². The van der Waals surface area contributed by atoms with Crippen molar-refractivity contribution < 1.29 is 14.1 Å². The van der Waals surface area contributed by atoms with Crippen LogP contribution in [-0.4, -0.2) is 43.6 Å². The molecule has 0 fully saturated rings. The Morgan fingerprint density at radius 3 is 2.76 bits per heavy atom. The minimum atomic E-state index is -0.437. The van der Waals surface area contributed by atoms with Crippen LogP contribution in [0.3, 0.4) is 0 Å². The number of amides is 1. The molecule has 9 nitrogen and oxygen atoms in total. The van der Waals surface area contributed by atoms with Gasteiger partial charge in [-0.1, -0.05) is 16.9 Å². The fraction of sp³-hybridized carbons (Fsp3) is 0.267. The molecule has 0 aliphatic rings. The third kappa shape index (κ3) is 3.97. The summed E-state index contributed by atoms with van der Waals surface area (Å²) in [6.07, 6.45) is 0. The van der Waals surface area contributed by atoms with Crippen LogP contribution in [0.25, 0.3) is 5.69 Å². The van der Waals surface area contributed by atoms with Crippen LogP contribution in [0, 0.1) is 6.92 Å². The summed E-state index contributed by atoms with van der Waals surface area (Å²) in [5, 5.41) is 18.1. The lowest BCUT2D eigenvalue weighted by Crippen LogP contribution is -2.22. The van der Waals surface area contributed by atoms with Crippen molar-refractivity contribution in [1.82, 2.24) is 25.4 Å². The molecule has 3 aromatic rings. The Balaban J connectivity index is 1.70. The second-order valence-corrected chi connectivity index (χ2v) is 6.46. The maximum absolute atomic E-state index is 12.3. The summed E-state index contributed by atoms with van der Waals surface area (Å²) in [7, 11) is 1.60. The van der Waals surface area contributed by atoms with E-state index in [-0.39, 0.29) is 5.91 Å². The molecule has 1 amide bonds. The monoisotopic (exact) mass is 360 g/mol. The van der Waals surface area contributed by atoms with Gasteiger partial charge >= 0.3 is 0 Å². The highest BCUT2D eigenvalue weighted by molar-refractivity contribution is 8.00. The summed E-state index contributed by atoms with van der Waals surface area (Å²) in [6.45, 7) is 3.54. The van der Waals surface area contributed by atoms with Crippen molar-refractivity contribution in [1.29, 1.82) is 0 Å². The number of nitrogens with one attached hydrogen (secondary N) is 1. The van der Waals surface area contributed by atoms with Gasteiger partial charge < -0.3 is 9.26 Å². The highest BCUT2D eigenvalue weighted by Gasteiger charge is 2.20. The molecule has 25 heavy (non-hydrogen) atoms. The molecule has 0 saturated carbocycles. The fourth-order valence-corrected chi connectivity index (χ4v) is 2.80. The lowest BCUT2D eigenvalue weighted by Gasteiger charge is -2.10. The number of hydrogen-bond donors (Lipinski definition) is 1. The molecule has 0 spiro atoms. The van der Waals surface area contributed by atoms with Crippen molar-refractivity contribution in [2.45, 2.75) is 24.3 Å². The molecule has 0 bridgehead atoms. The zero-order chi connectivity index (χ0) is 17.8. The summed E-state index contributed by atoms with van der Waals surface area (Å²) in [6, 6.07) is 8.95. The van der Waals surface area contributed by atoms with Crippen LogP contribution in [0.15, 0.2) is 40.0 Å². The molecule has 10 heteroatoms. The molecule has 0 saturated heterocycles. The Morgan fingerprint density at radius 1 is 1.36 bits per heavy atom. The number of rotatable bonds is 6. The molecule has 3 rings (SSSR count). The van der Waals surface area contributed by atoms with Crippen molar-refractivity contribution >= 4 is 23.6 Å². The second-order valence-electron chi connectivity index (χ2n) is 5.15. The van der Waals surface area contributed by atoms with Crippen LogP contribution >= 0.6 is 11.8 Å². The number of hydrogen-bond acceptors (Lipinski definition) is 8. The van der Waals surface area contributed by atoms with E-state index in [0.29, 0.717) is 16.7 Å². The number of ether oxygens (including phenoxy) is 1. The van der Waals surface area contributed by atoms with E-state index in [1.807, 2.05) is 24.3 Å². The number of methoxy groups -OCH3 is 1. The van der Waals surface area contributed by atoms with Crippen LogP contribution in [0.4, 0.5) is 5.88 Å². The van der Waals surface area contributed by atoms with Gasteiger partial charge in [0.15, 0.2) is 0 Å².